The quantitative estimate of drug-likeness (QED) is 0.881. The second kappa shape index (κ2) is 6.22. The standard InChI is InChI=1S/C15H24N4O/c1-4-15(6-9-16-10-7-15)14(20)18-12-11-17-8-5-13(12)19(2)3/h5,8,11,16H,4,6-7,9-10H2,1-3H3,(H,18,20). The van der Waals surface area contributed by atoms with E-state index in [4.69, 9.17) is 0 Å². The van der Waals surface area contributed by atoms with Gasteiger partial charge in [-0.3, -0.25) is 9.78 Å². The number of aromatic nitrogens is 1. The van der Waals surface area contributed by atoms with Crippen LogP contribution in [-0.4, -0.2) is 38.1 Å². The van der Waals surface area contributed by atoms with Crippen LogP contribution in [0.25, 0.3) is 0 Å². The maximum absolute atomic E-state index is 12.7. The highest BCUT2D eigenvalue weighted by Crippen LogP contribution is 2.35. The van der Waals surface area contributed by atoms with Crippen LogP contribution < -0.4 is 15.5 Å². The molecule has 0 bridgehead atoms. The molecule has 2 rings (SSSR count). The highest BCUT2D eigenvalue weighted by atomic mass is 16.2. The molecule has 1 aliphatic rings. The largest absolute Gasteiger partial charge is 0.376 e. The molecule has 1 fully saturated rings. The van der Waals surface area contributed by atoms with Gasteiger partial charge in [-0.1, -0.05) is 6.92 Å². The number of carbonyl (C=O) groups excluding carboxylic acids is 1. The van der Waals surface area contributed by atoms with Crippen LogP contribution in [0.2, 0.25) is 0 Å². The van der Waals surface area contributed by atoms with Crippen LogP contribution in [0, 0.1) is 5.41 Å². The van der Waals surface area contributed by atoms with Crippen LogP contribution in [-0.2, 0) is 4.79 Å². The first-order valence-electron chi connectivity index (χ1n) is 7.22. The minimum Gasteiger partial charge on any atom is -0.376 e. The van der Waals surface area contributed by atoms with Crippen LogP contribution in [0.15, 0.2) is 18.5 Å². The fourth-order valence-electron chi connectivity index (χ4n) is 2.77. The van der Waals surface area contributed by atoms with Crippen molar-refractivity contribution >= 4 is 17.3 Å². The highest BCUT2D eigenvalue weighted by Gasteiger charge is 2.37. The minimum atomic E-state index is -0.245. The maximum atomic E-state index is 12.7. The molecule has 1 saturated heterocycles. The van der Waals surface area contributed by atoms with E-state index in [0.29, 0.717) is 0 Å². The Balaban J connectivity index is 2.18. The lowest BCUT2D eigenvalue weighted by molar-refractivity contribution is -0.127. The van der Waals surface area contributed by atoms with Gasteiger partial charge in [-0.2, -0.15) is 0 Å². The zero-order valence-corrected chi connectivity index (χ0v) is 12.6. The molecule has 0 aliphatic carbocycles. The van der Waals surface area contributed by atoms with E-state index < -0.39 is 0 Å². The van der Waals surface area contributed by atoms with Crippen LogP contribution in [0.4, 0.5) is 11.4 Å². The summed E-state index contributed by atoms with van der Waals surface area (Å²) >= 11 is 0. The molecule has 1 aromatic heterocycles. The Morgan fingerprint density at radius 2 is 2.15 bits per heavy atom. The van der Waals surface area contributed by atoms with E-state index in [-0.39, 0.29) is 11.3 Å². The third-order valence-corrected chi connectivity index (χ3v) is 4.25. The second-order valence-corrected chi connectivity index (χ2v) is 5.63. The summed E-state index contributed by atoms with van der Waals surface area (Å²) in [5, 5.41) is 6.40. The number of carbonyl (C=O) groups is 1. The van der Waals surface area contributed by atoms with Gasteiger partial charge in [0.25, 0.3) is 0 Å². The first kappa shape index (κ1) is 14.8. The van der Waals surface area contributed by atoms with Crippen molar-refractivity contribution in [1.29, 1.82) is 0 Å². The molecule has 2 heterocycles. The summed E-state index contributed by atoms with van der Waals surface area (Å²) in [5.41, 5.74) is 1.52. The van der Waals surface area contributed by atoms with Crippen LogP contribution >= 0.6 is 0 Å². The molecule has 0 unspecified atom stereocenters. The summed E-state index contributed by atoms with van der Waals surface area (Å²) in [7, 11) is 3.93. The lowest BCUT2D eigenvalue weighted by Gasteiger charge is -2.35. The normalized spacial score (nSPS) is 17.6. The number of pyridine rings is 1. The number of hydrogen-bond donors (Lipinski definition) is 2. The van der Waals surface area contributed by atoms with Crippen molar-refractivity contribution in [2.45, 2.75) is 26.2 Å². The molecule has 110 valence electrons. The number of hydrogen-bond acceptors (Lipinski definition) is 4. The number of amides is 1. The van der Waals surface area contributed by atoms with Gasteiger partial charge >= 0.3 is 0 Å². The molecule has 5 heteroatoms. The van der Waals surface area contributed by atoms with Gasteiger partial charge in [0.1, 0.15) is 0 Å². The van der Waals surface area contributed by atoms with Gasteiger partial charge in [-0.25, -0.2) is 0 Å². The molecule has 0 spiro atoms. The summed E-state index contributed by atoms with van der Waals surface area (Å²) < 4.78 is 0. The Labute approximate surface area is 120 Å². The average molecular weight is 276 g/mol. The van der Waals surface area contributed by atoms with Crippen molar-refractivity contribution in [1.82, 2.24) is 10.3 Å². The minimum absolute atomic E-state index is 0.123. The Kier molecular flexibility index (Phi) is 4.60. The SMILES string of the molecule is CCC1(C(=O)Nc2cnccc2N(C)C)CCNCC1. The Bertz CT molecular complexity index is 467. The van der Waals surface area contributed by atoms with Gasteiger partial charge < -0.3 is 15.5 Å². The summed E-state index contributed by atoms with van der Waals surface area (Å²) in [6.45, 7) is 3.92. The number of nitrogens with one attached hydrogen (secondary N) is 2. The summed E-state index contributed by atoms with van der Waals surface area (Å²) in [6, 6.07) is 1.91. The predicted molar refractivity (Wildman–Crippen MR) is 82.0 cm³/mol. The highest BCUT2D eigenvalue weighted by molar-refractivity contribution is 5.97. The zero-order chi connectivity index (χ0) is 14.6. The third-order valence-electron chi connectivity index (χ3n) is 4.25. The van der Waals surface area contributed by atoms with Crippen molar-refractivity contribution in [3.63, 3.8) is 0 Å². The van der Waals surface area contributed by atoms with Crippen molar-refractivity contribution < 1.29 is 4.79 Å². The van der Waals surface area contributed by atoms with E-state index in [0.717, 1.165) is 43.7 Å². The molecule has 1 aliphatic heterocycles. The number of anilines is 2. The number of rotatable bonds is 4. The van der Waals surface area contributed by atoms with Gasteiger partial charge in [-0.15, -0.1) is 0 Å². The maximum Gasteiger partial charge on any atom is 0.230 e. The Hall–Kier alpha value is -1.62. The van der Waals surface area contributed by atoms with Crippen molar-refractivity contribution in [2.75, 3.05) is 37.4 Å². The fraction of sp³-hybridized carbons (Fsp3) is 0.600. The summed E-state index contributed by atoms with van der Waals surface area (Å²) in [6.07, 6.45) is 6.13. The molecule has 1 aromatic rings. The van der Waals surface area contributed by atoms with E-state index in [9.17, 15) is 4.79 Å². The lowest BCUT2D eigenvalue weighted by Crippen LogP contribution is -2.44. The van der Waals surface area contributed by atoms with Gasteiger partial charge in [0, 0.05) is 20.3 Å². The molecule has 0 atom stereocenters. The second-order valence-electron chi connectivity index (χ2n) is 5.63. The molecular weight excluding hydrogens is 252 g/mol. The van der Waals surface area contributed by atoms with Crippen LogP contribution in [0.5, 0.6) is 0 Å². The average Bonchev–Trinajstić information content (AvgIpc) is 2.48. The third kappa shape index (κ3) is 2.93. The van der Waals surface area contributed by atoms with Gasteiger partial charge in [0.15, 0.2) is 0 Å². The molecule has 5 nitrogen and oxygen atoms in total. The van der Waals surface area contributed by atoms with Crippen LogP contribution in [0.3, 0.4) is 0 Å². The molecule has 0 saturated carbocycles. The van der Waals surface area contributed by atoms with E-state index in [1.807, 2.05) is 25.1 Å². The number of nitrogens with zero attached hydrogens (tertiary/aromatic N) is 2. The van der Waals surface area contributed by atoms with E-state index in [1.165, 1.54) is 0 Å². The van der Waals surface area contributed by atoms with Crippen molar-refractivity contribution in [2.24, 2.45) is 5.41 Å². The van der Waals surface area contributed by atoms with Gasteiger partial charge in [0.05, 0.1) is 23.0 Å². The van der Waals surface area contributed by atoms with E-state index in [1.54, 1.807) is 12.4 Å². The topological polar surface area (TPSA) is 57.3 Å². The van der Waals surface area contributed by atoms with Gasteiger partial charge in [-0.05, 0) is 38.4 Å². The Morgan fingerprint density at radius 3 is 2.75 bits per heavy atom. The summed E-state index contributed by atoms with van der Waals surface area (Å²) in [4.78, 5) is 18.8. The van der Waals surface area contributed by atoms with Crippen LogP contribution in [0.1, 0.15) is 26.2 Å². The molecule has 1 amide bonds. The molecule has 2 N–H and O–H groups in total. The first-order valence-corrected chi connectivity index (χ1v) is 7.22. The van der Waals surface area contributed by atoms with E-state index >= 15 is 0 Å². The molecule has 0 aromatic carbocycles. The predicted octanol–water partition coefficient (Wildman–Crippen LogP) is 1.87. The zero-order valence-electron chi connectivity index (χ0n) is 12.6. The monoisotopic (exact) mass is 276 g/mol. The fourth-order valence-corrected chi connectivity index (χ4v) is 2.77. The molecule has 0 radical (unpaired) electrons. The number of piperidine rings is 1. The van der Waals surface area contributed by atoms with Crippen molar-refractivity contribution in [3.05, 3.63) is 18.5 Å². The molecule has 20 heavy (non-hydrogen) atoms. The van der Waals surface area contributed by atoms with E-state index in [2.05, 4.69) is 22.5 Å². The van der Waals surface area contributed by atoms with Gasteiger partial charge in [0.2, 0.25) is 5.91 Å². The first-order chi connectivity index (χ1) is 9.59. The smallest absolute Gasteiger partial charge is 0.230 e. The molecular formula is C15H24N4O. The van der Waals surface area contributed by atoms with Crippen molar-refractivity contribution in [3.8, 4) is 0 Å². The lowest BCUT2D eigenvalue weighted by atomic mass is 9.76. The Morgan fingerprint density at radius 1 is 1.45 bits per heavy atom. The summed E-state index contributed by atoms with van der Waals surface area (Å²) in [5.74, 6) is 0.123.